The minimum absolute atomic E-state index is 0.182. The van der Waals surface area contributed by atoms with Gasteiger partial charge in [-0.2, -0.15) is 13.2 Å². The van der Waals surface area contributed by atoms with E-state index >= 15 is 0 Å². The number of hydrogen-bond donors (Lipinski definition) is 0. The van der Waals surface area contributed by atoms with Crippen LogP contribution in [0.25, 0.3) is 0 Å². The normalized spacial score (nSPS) is 12.0. The molecule has 0 spiro atoms. The first-order valence-electron chi connectivity index (χ1n) is 2.29. The van der Waals surface area contributed by atoms with E-state index in [1.54, 1.807) is 0 Å². The molecule has 0 fully saturated rings. The molecule has 0 aromatic rings. The summed E-state index contributed by atoms with van der Waals surface area (Å²) in [6.07, 6.45) is -4.31. The van der Waals surface area contributed by atoms with Gasteiger partial charge in [-0.25, -0.2) is 4.79 Å². The molecule has 0 aliphatic rings. The van der Waals surface area contributed by atoms with Gasteiger partial charge in [0, 0.05) is 12.2 Å². The third-order valence-corrected chi connectivity index (χ3v) is 0.610. The molecule has 0 heterocycles. The van der Waals surface area contributed by atoms with Crippen LogP contribution in [0, 0.1) is 0 Å². The Bertz CT molecular complexity index is 147. The molecule has 0 atom stereocenters. The molecule has 10 heavy (non-hydrogen) atoms. The zero-order valence-electron chi connectivity index (χ0n) is 5.11. The number of hydrogen-bond acceptors (Lipinski definition) is 2. The molecule has 0 saturated carbocycles. The topological polar surface area (TPSA) is 26.3 Å². The second kappa shape index (κ2) is 3.24. The molecule has 0 unspecified atom stereocenters. The van der Waals surface area contributed by atoms with Crippen LogP contribution in [0.15, 0.2) is 12.2 Å². The number of carbonyl (C=O) groups excluding carboxylic acids is 1. The number of ether oxygens (including phenoxy) is 1. The lowest BCUT2D eigenvalue weighted by Gasteiger charge is -1.95. The fourth-order valence-corrected chi connectivity index (χ4v) is 0.231. The fraction of sp³-hybridized carbons (Fsp3) is 0.400. The number of halogens is 3. The second-order valence-electron chi connectivity index (χ2n) is 1.40. The SMILES string of the molecule is COC(=O)/C=C\C(F)(F)F. The number of esters is 1. The third-order valence-electron chi connectivity index (χ3n) is 0.610. The first-order valence-corrected chi connectivity index (χ1v) is 2.29. The van der Waals surface area contributed by atoms with Crippen molar-refractivity contribution in [2.45, 2.75) is 6.18 Å². The van der Waals surface area contributed by atoms with E-state index in [-0.39, 0.29) is 6.08 Å². The third kappa shape index (κ3) is 5.14. The zero-order chi connectivity index (χ0) is 8.20. The molecule has 0 bridgehead atoms. The number of alkyl halides is 3. The van der Waals surface area contributed by atoms with Crippen LogP contribution in [0.4, 0.5) is 13.2 Å². The van der Waals surface area contributed by atoms with Crippen molar-refractivity contribution < 1.29 is 22.7 Å². The van der Waals surface area contributed by atoms with Crippen LogP contribution in [0.5, 0.6) is 0 Å². The highest BCUT2D eigenvalue weighted by Crippen LogP contribution is 2.15. The van der Waals surface area contributed by atoms with Gasteiger partial charge in [-0.1, -0.05) is 0 Å². The number of rotatable bonds is 1. The Kier molecular flexibility index (Phi) is 2.92. The fourth-order valence-electron chi connectivity index (χ4n) is 0.231. The average molecular weight is 154 g/mol. The van der Waals surface area contributed by atoms with Crippen molar-refractivity contribution in [1.29, 1.82) is 0 Å². The molecule has 0 radical (unpaired) electrons. The van der Waals surface area contributed by atoms with Gasteiger partial charge in [-0.3, -0.25) is 0 Å². The smallest absolute Gasteiger partial charge is 0.410 e. The van der Waals surface area contributed by atoms with Gasteiger partial charge in [-0.15, -0.1) is 0 Å². The van der Waals surface area contributed by atoms with Crippen molar-refractivity contribution >= 4 is 5.97 Å². The molecule has 58 valence electrons. The first-order chi connectivity index (χ1) is 4.45. The van der Waals surface area contributed by atoms with E-state index in [4.69, 9.17) is 0 Å². The summed E-state index contributed by atoms with van der Waals surface area (Å²) in [4.78, 5) is 10.0. The van der Waals surface area contributed by atoms with E-state index in [2.05, 4.69) is 4.74 Å². The van der Waals surface area contributed by atoms with Crippen LogP contribution in [0.3, 0.4) is 0 Å². The second-order valence-corrected chi connectivity index (χ2v) is 1.40. The largest absolute Gasteiger partial charge is 0.466 e. The standard InChI is InChI=1S/C5H5F3O2/c1-10-4(9)2-3-5(6,7)8/h2-3H,1H3/b3-2-. The molecule has 2 nitrogen and oxygen atoms in total. The maximum Gasteiger partial charge on any atom is 0.410 e. The minimum Gasteiger partial charge on any atom is -0.466 e. The molecule has 0 N–H and O–H groups in total. The van der Waals surface area contributed by atoms with Crippen molar-refractivity contribution in [1.82, 2.24) is 0 Å². The van der Waals surface area contributed by atoms with E-state index < -0.39 is 12.1 Å². The van der Waals surface area contributed by atoms with E-state index in [0.29, 0.717) is 6.08 Å². The van der Waals surface area contributed by atoms with Gasteiger partial charge < -0.3 is 4.74 Å². The number of allylic oxidation sites excluding steroid dienone is 1. The maximum atomic E-state index is 11.3. The van der Waals surface area contributed by atoms with Crippen LogP contribution in [-0.2, 0) is 9.53 Å². The molecule has 0 aliphatic heterocycles. The van der Waals surface area contributed by atoms with Gasteiger partial charge in [0.25, 0.3) is 0 Å². The Morgan fingerprint density at radius 3 is 2.30 bits per heavy atom. The summed E-state index contributed by atoms with van der Waals surface area (Å²) in [6, 6.07) is 0. The number of carbonyl (C=O) groups is 1. The number of methoxy groups -OCH3 is 1. The summed E-state index contributed by atoms with van der Waals surface area (Å²) in [7, 11) is 1.00. The van der Waals surface area contributed by atoms with Crippen LogP contribution in [-0.4, -0.2) is 19.3 Å². The lowest BCUT2D eigenvalue weighted by atomic mass is 10.5. The van der Waals surface area contributed by atoms with Gasteiger partial charge in [0.1, 0.15) is 0 Å². The maximum absolute atomic E-state index is 11.3. The van der Waals surface area contributed by atoms with Crippen LogP contribution >= 0.6 is 0 Å². The minimum atomic E-state index is -4.45. The zero-order valence-corrected chi connectivity index (χ0v) is 5.11. The Balaban J connectivity index is 3.88. The molecule has 5 heteroatoms. The van der Waals surface area contributed by atoms with Crippen LogP contribution in [0.2, 0.25) is 0 Å². The van der Waals surface area contributed by atoms with Crippen molar-refractivity contribution in [3.05, 3.63) is 12.2 Å². The highest BCUT2D eigenvalue weighted by Gasteiger charge is 2.22. The van der Waals surface area contributed by atoms with E-state index in [1.165, 1.54) is 0 Å². The Labute approximate surface area is 55.3 Å². The monoisotopic (exact) mass is 154 g/mol. The molecule has 0 aliphatic carbocycles. The van der Waals surface area contributed by atoms with Gasteiger partial charge >= 0.3 is 12.1 Å². The molecule has 0 aromatic carbocycles. The summed E-state index contributed by atoms with van der Waals surface area (Å²) in [5.74, 6) is -1.02. The van der Waals surface area contributed by atoms with Gasteiger partial charge in [0.05, 0.1) is 7.11 Å². The van der Waals surface area contributed by atoms with E-state index in [1.807, 2.05) is 0 Å². The molecule has 0 aromatic heterocycles. The molecule has 0 amide bonds. The summed E-state index contributed by atoms with van der Waals surface area (Å²) < 4.78 is 37.7. The quantitative estimate of drug-likeness (QED) is 0.420. The molecule has 0 rings (SSSR count). The van der Waals surface area contributed by atoms with Crippen molar-refractivity contribution in [2.75, 3.05) is 7.11 Å². The Morgan fingerprint density at radius 1 is 1.50 bits per heavy atom. The summed E-state index contributed by atoms with van der Waals surface area (Å²) >= 11 is 0. The van der Waals surface area contributed by atoms with Gasteiger partial charge in [-0.05, 0) is 0 Å². The Morgan fingerprint density at radius 2 is 2.00 bits per heavy atom. The van der Waals surface area contributed by atoms with Crippen LogP contribution < -0.4 is 0 Å². The highest BCUT2D eigenvalue weighted by molar-refractivity contribution is 5.81. The van der Waals surface area contributed by atoms with Gasteiger partial charge in [0.15, 0.2) is 0 Å². The van der Waals surface area contributed by atoms with Crippen molar-refractivity contribution in [3.8, 4) is 0 Å². The molecular weight excluding hydrogens is 149 g/mol. The average Bonchev–Trinajstić information content (AvgIpc) is 1.81. The summed E-state index contributed by atoms with van der Waals surface area (Å²) in [5, 5.41) is 0. The highest BCUT2D eigenvalue weighted by atomic mass is 19.4. The first kappa shape index (κ1) is 9.00. The predicted molar refractivity (Wildman–Crippen MR) is 27.2 cm³/mol. The lowest BCUT2D eigenvalue weighted by Crippen LogP contribution is -2.03. The Hall–Kier alpha value is -1.00. The molecular formula is C5H5F3O2. The molecule has 0 saturated heterocycles. The summed E-state index contributed by atoms with van der Waals surface area (Å²) in [6.45, 7) is 0. The summed E-state index contributed by atoms with van der Waals surface area (Å²) in [5.41, 5.74) is 0. The van der Waals surface area contributed by atoms with Crippen molar-refractivity contribution in [2.24, 2.45) is 0 Å². The van der Waals surface area contributed by atoms with E-state index in [0.717, 1.165) is 7.11 Å². The van der Waals surface area contributed by atoms with Crippen LogP contribution in [0.1, 0.15) is 0 Å². The van der Waals surface area contributed by atoms with Crippen molar-refractivity contribution in [3.63, 3.8) is 0 Å². The van der Waals surface area contributed by atoms with E-state index in [9.17, 15) is 18.0 Å². The lowest BCUT2D eigenvalue weighted by molar-refractivity contribution is -0.135. The van der Waals surface area contributed by atoms with Gasteiger partial charge in [0.2, 0.25) is 0 Å². The predicted octanol–water partition coefficient (Wildman–Crippen LogP) is 1.28.